The van der Waals surface area contributed by atoms with Gasteiger partial charge in [0.05, 0.1) is 0 Å². The highest BCUT2D eigenvalue weighted by molar-refractivity contribution is 5.82. The van der Waals surface area contributed by atoms with Crippen LogP contribution in [-0.2, 0) is 9.53 Å². The lowest BCUT2D eigenvalue weighted by molar-refractivity contribution is -0.240. The highest BCUT2D eigenvalue weighted by atomic mass is 19.4. The van der Waals surface area contributed by atoms with Gasteiger partial charge in [-0.15, -0.1) is 0 Å². The Morgan fingerprint density at radius 1 is 1.03 bits per heavy atom. The summed E-state index contributed by atoms with van der Waals surface area (Å²) in [6.07, 6.45) is -4.73. The van der Waals surface area contributed by atoms with E-state index in [-0.39, 0.29) is 18.9 Å². The molecule has 6 rings (SSSR count). The van der Waals surface area contributed by atoms with E-state index in [4.69, 9.17) is 4.74 Å². The topological polar surface area (TPSA) is 75.6 Å². The Kier molecular flexibility index (Phi) is 4.95. The fourth-order valence-electron chi connectivity index (χ4n) is 6.30. The first kappa shape index (κ1) is 21.8. The van der Waals surface area contributed by atoms with Gasteiger partial charge < -0.3 is 15.2 Å². The van der Waals surface area contributed by atoms with Gasteiger partial charge in [-0.25, -0.2) is 9.59 Å². The van der Waals surface area contributed by atoms with E-state index in [1.54, 1.807) is 0 Å². The molecular formula is C25H24F3NO4. The molecule has 5 nitrogen and oxygen atoms in total. The molecule has 3 fully saturated rings. The molecule has 1 amide bonds. The van der Waals surface area contributed by atoms with Gasteiger partial charge >= 0.3 is 18.2 Å². The van der Waals surface area contributed by atoms with E-state index in [0.717, 1.165) is 22.3 Å². The quantitative estimate of drug-likeness (QED) is 0.574. The normalized spacial score (nSPS) is 25.8. The van der Waals surface area contributed by atoms with Gasteiger partial charge in [0.25, 0.3) is 0 Å². The largest absolute Gasteiger partial charge is 0.480 e. The van der Waals surface area contributed by atoms with Crippen LogP contribution >= 0.6 is 0 Å². The number of nitrogens with one attached hydrogen (secondary N) is 1. The van der Waals surface area contributed by atoms with Crippen LogP contribution in [0, 0.1) is 10.8 Å². The fourth-order valence-corrected chi connectivity index (χ4v) is 6.30. The van der Waals surface area contributed by atoms with E-state index in [0.29, 0.717) is 19.3 Å². The van der Waals surface area contributed by atoms with E-state index in [1.807, 2.05) is 48.5 Å². The number of fused-ring (bicyclic) bond motifs is 3. The summed E-state index contributed by atoms with van der Waals surface area (Å²) in [4.78, 5) is 24.4. The van der Waals surface area contributed by atoms with Crippen LogP contribution in [0.2, 0.25) is 0 Å². The summed E-state index contributed by atoms with van der Waals surface area (Å²) >= 11 is 0. The smallest absolute Gasteiger partial charge is 0.407 e. The van der Waals surface area contributed by atoms with E-state index in [2.05, 4.69) is 5.32 Å². The van der Waals surface area contributed by atoms with E-state index in [1.165, 1.54) is 0 Å². The zero-order valence-electron chi connectivity index (χ0n) is 17.8. The van der Waals surface area contributed by atoms with Crippen LogP contribution in [0.15, 0.2) is 48.5 Å². The number of amides is 1. The average molecular weight is 459 g/mol. The van der Waals surface area contributed by atoms with Crippen molar-refractivity contribution in [2.45, 2.75) is 50.2 Å². The van der Waals surface area contributed by atoms with Gasteiger partial charge in [-0.2, -0.15) is 13.2 Å². The molecule has 2 aromatic rings. The standard InChI is InChI=1S/C25H24F3NO4/c26-25(27,28)10-9-23-12-24(13-23,14-23)20(21(30)31)29-22(32)33-11-19-17-7-3-1-5-15(17)16-6-2-4-8-18(16)19/h1-8,19-20H,9-14H2,(H,29,32)(H,30,31). The second-order valence-electron chi connectivity index (χ2n) is 9.75. The summed E-state index contributed by atoms with van der Waals surface area (Å²) in [5, 5.41) is 12.2. The summed E-state index contributed by atoms with van der Waals surface area (Å²) < 4.78 is 43.1. The number of carbonyl (C=O) groups is 2. The maximum absolute atomic E-state index is 12.5. The highest BCUT2D eigenvalue weighted by Gasteiger charge is 2.71. The van der Waals surface area contributed by atoms with Crippen molar-refractivity contribution in [1.29, 1.82) is 0 Å². The zero-order chi connectivity index (χ0) is 23.4. The van der Waals surface area contributed by atoms with Crippen LogP contribution < -0.4 is 5.32 Å². The SMILES string of the molecule is O=C(NC(C(=O)O)C12CC(CCC(F)(F)F)(C1)C2)OCC1c2ccccc2-c2ccccc21. The van der Waals surface area contributed by atoms with Crippen molar-refractivity contribution >= 4 is 12.1 Å². The molecule has 0 aromatic heterocycles. The Balaban J connectivity index is 1.21. The molecule has 174 valence electrons. The molecule has 33 heavy (non-hydrogen) atoms. The van der Waals surface area contributed by atoms with E-state index >= 15 is 0 Å². The number of hydrogen-bond donors (Lipinski definition) is 2. The third-order valence-corrected chi connectivity index (χ3v) is 7.59. The maximum Gasteiger partial charge on any atom is 0.407 e. The molecule has 0 saturated heterocycles. The number of carboxylic acid groups (broad SMARTS) is 1. The number of halogens is 3. The van der Waals surface area contributed by atoms with Gasteiger partial charge in [-0.1, -0.05) is 48.5 Å². The van der Waals surface area contributed by atoms with Gasteiger partial charge in [-0.3, -0.25) is 0 Å². The predicted octanol–water partition coefficient (Wildman–Crippen LogP) is 5.49. The number of carboxylic acids is 1. The van der Waals surface area contributed by atoms with E-state index in [9.17, 15) is 27.9 Å². The summed E-state index contributed by atoms with van der Waals surface area (Å²) in [7, 11) is 0. The molecule has 0 spiro atoms. The van der Waals surface area contributed by atoms with Crippen LogP contribution in [-0.4, -0.2) is 36.0 Å². The second kappa shape index (κ2) is 7.50. The number of ether oxygens (including phenoxy) is 1. The lowest BCUT2D eigenvalue weighted by atomic mass is 9.32. The van der Waals surface area contributed by atoms with Crippen LogP contribution in [0.4, 0.5) is 18.0 Å². The number of aliphatic carboxylic acids is 1. The predicted molar refractivity (Wildman–Crippen MR) is 114 cm³/mol. The summed E-state index contributed by atoms with van der Waals surface area (Å²) in [5.74, 6) is -1.33. The second-order valence-corrected chi connectivity index (χ2v) is 9.75. The zero-order valence-corrected chi connectivity index (χ0v) is 17.8. The Labute approximate surface area is 188 Å². The minimum absolute atomic E-state index is 0.00946. The number of carbonyl (C=O) groups excluding carboxylic acids is 1. The van der Waals surface area contributed by atoms with Crippen molar-refractivity contribution in [3.63, 3.8) is 0 Å². The first-order chi connectivity index (χ1) is 15.6. The number of hydrogen-bond acceptors (Lipinski definition) is 3. The first-order valence-electron chi connectivity index (χ1n) is 11.0. The van der Waals surface area contributed by atoms with Gasteiger partial charge in [-0.05, 0) is 53.4 Å². The minimum Gasteiger partial charge on any atom is -0.480 e. The number of alkyl halides is 3. The minimum atomic E-state index is -4.21. The average Bonchev–Trinajstić information content (AvgIpc) is 3.02. The highest BCUT2D eigenvalue weighted by Crippen LogP contribution is 2.76. The van der Waals surface area contributed by atoms with Gasteiger partial charge in [0, 0.05) is 17.8 Å². The van der Waals surface area contributed by atoms with Crippen LogP contribution in [0.1, 0.15) is 49.1 Å². The molecular weight excluding hydrogens is 435 g/mol. The van der Waals surface area contributed by atoms with Crippen molar-refractivity contribution in [3.05, 3.63) is 59.7 Å². The third kappa shape index (κ3) is 3.75. The number of benzene rings is 2. The molecule has 2 aromatic carbocycles. The molecule has 1 unspecified atom stereocenters. The van der Waals surface area contributed by atoms with Crippen molar-refractivity contribution in [1.82, 2.24) is 5.32 Å². The molecule has 0 aliphatic heterocycles. The third-order valence-electron chi connectivity index (χ3n) is 7.59. The van der Waals surface area contributed by atoms with Crippen molar-refractivity contribution in [3.8, 4) is 11.1 Å². The fraction of sp³-hybridized carbons (Fsp3) is 0.440. The number of rotatable bonds is 7. The summed E-state index contributed by atoms with van der Waals surface area (Å²) in [6, 6.07) is 14.6. The molecule has 3 saturated carbocycles. The Hall–Kier alpha value is -3.03. The van der Waals surface area contributed by atoms with Gasteiger partial charge in [0.15, 0.2) is 0 Å². The van der Waals surface area contributed by atoms with Crippen LogP contribution in [0.3, 0.4) is 0 Å². The summed E-state index contributed by atoms with van der Waals surface area (Å²) in [5.41, 5.74) is 3.15. The Morgan fingerprint density at radius 2 is 1.58 bits per heavy atom. The van der Waals surface area contributed by atoms with Crippen LogP contribution in [0.25, 0.3) is 11.1 Å². The molecule has 4 aliphatic rings. The van der Waals surface area contributed by atoms with Gasteiger partial charge in [0.2, 0.25) is 0 Å². The molecule has 0 heterocycles. The Bertz CT molecular complexity index is 1050. The molecule has 4 aliphatic carbocycles. The monoisotopic (exact) mass is 459 g/mol. The van der Waals surface area contributed by atoms with Gasteiger partial charge in [0.1, 0.15) is 12.6 Å². The number of alkyl carbamates (subject to hydrolysis) is 1. The Morgan fingerprint density at radius 3 is 2.09 bits per heavy atom. The van der Waals surface area contributed by atoms with Crippen molar-refractivity contribution < 1.29 is 32.6 Å². The lowest BCUT2D eigenvalue weighted by Crippen LogP contribution is -2.71. The lowest BCUT2D eigenvalue weighted by Gasteiger charge is -2.72. The summed E-state index contributed by atoms with van der Waals surface area (Å²) in [6.45, 7) is 0.0642. The molecule has 8 heteroatoms. The van der Waals surface area contributed by atoms with E-state index < -0.39 is 41.5 Å². The van der Waals surface area contributed by atoms with Crippen LogP contribution in [0.5, 0.6) is 0 Å². The molecule has 2 N–H and O–H groups in total. The van der Waals surface area contributed by atoms with Crippen molar-refractivity contribution in [2.24, 2.45) is 10.8 Å². The molecule has 0 radical (unpaired) electrons. The molecule has 1 atom stereocenters. The van der Waals surface area contributed by atoms with Crippen molar-refractivity contribution in [2.75, 3.05) is 6.61 Å². The first-order valence-corrected chi connectivity index (χ1v) is 11.0. The maximum atomic E-state index is 12.5. The molecule has 2 bridgehead atoms.